The molecule has 2 amide bonds. The van der Waals surface area contributed by atoms with Gasteiger partial charge in [-0.05, 0) is 63.0 Å². The van der Waals surface area contributed by atoms with E-state index in [2.05, 4.69) is 5.32 Å². The lowest BCUT2D eigenvalue weighted by molar-refractivity contribution is -0.128. The number of rotatable bonds is 5. The summed E-state index contributed by atoms with van der Waals surface area (Å²) in [4.78, 5) is 27.2. The van der Waals surface area contributed by atoms with Crippen LogP contribution in [0, 0.1) is 23.1 Å². The van der Waals surface area contributed by atoms with Crippen LogP contribution in [0.4, 0.5) is 9.18 Å². The highest BCUT2D eigenvalue weighted by molar-refractivity contribution is 6.58. The molecule has 1 aliphatic heterocycles. The molecule has 3 rings (SSSR count). The van der Waals surface area contributed by atoms with E-state index < -0.39 is 42.6 Å². The van der Waals surface area contributed by atoms with Gasteiger partial charge in [0.2, 0.25) is 5.91 Å². The normalized spacial score (nSPS) is 23.3. The van der Waals surface area contributed by atoms with Crippen LogP contribution in [-0.4, -0.2) is 57.8 Å². The first-order valence-corrected chi connectivity index (χ1v) is 10.4. The summed E-state index contributed by atoms with van der Waals surface area (Å²) in [5.41, 5.74) is -0.539. The summed E-state index contributed by atoms with van der Waals surface area (Å²) in [6.45, 7) is 5.28. The first-order chi connectivity index (χ1) is 14.5. The summed E-state index contributed by atoms with van der Waals surface area (Å²) in [6.07, 6.45) is 1.71. The third-order valence-corrected chi connectivity index (χ3v) is 5.73. The number of carbonyl (C=O) groups excluding carboxylic acids is 2. The minimum atomic E-state index is -1.80. The van der Waals surface area contributed by atoms with E-state index in [1.54, 1.807) is 20.8 Å². The summed E-state index contributed by atoms with van der Waals surface area (Å²) in [5, 5.41) is 30.4. The second kappa shape index (κ2) is 8.85. The maximum absolute atomic E-state index is 14.3. The molecule has 1 saturated carbocycles. The molecule has 3 N–H and O–H groups in total. The Labute approximate surface area is 181 Å². The van der Waals surface area contributed by atoms with Crippen molar-refractivity contribution < 1.29 is 28.8 Å². The first-order valence-electron chi connectivity index (χ1n) is 10.4. The van der Waals surface area contributed by atoms with Gasteiger partial charge in [-0.1, -0.05) is 12.1 Å². The van der Waals surface area contributed by atoms with E-state index in [1.165, 1.54) is 17.0 Å². The third-order valence-electron chi connectivity index (χ3n) is 5.73. The summed E-state index contributed by atoms with van der Waals surface area (Å²) in [5.74, 6) is -1.15. The molecule has 4 atom stereocenters. The van der Waals surface area contributed by atoms with Crippen molar-refractivity contribution in [2.75, 3.05) is 0 Å². The van der Waals surface area contributed by atoms with Crippen molar-refractivity contribution in [2.24, 2.45) is 5.92 Å². The van der Waals surface area contributed by atoms with Crippen LogP contribution in [0.3, 0.4) is 0 Å². The smallest absolute Gasteiger partial charge is 0.444 e. The number of halogens is 1. The second-order valence-corrected chi connectivity index (χ2v) is 9.18. The first kappa shape index (κ1) is 23.0. The molecule has 1 aromatic carbocycles. The van der Waals surface area contributed by atoms with Gasteiger partial charge in [-0.25, -0.2) is 9.18 Å². The quantitative estimate of drug-likeness (QED) is 0.594. The zero-order valence-corrected chi connectivity index (χ0v) is 17.8. The molecular weight excluding hydrogens is 404 g/mol. The molecule has 1 aliphatic carbocycles. The second-order valence-electron chi connectivity index (χ2n) is 9.18. The SMILES string of the molecule is CC(C)(C)OC(=O)N1C(C(=O)N[C@H](C#N)Cc2ccc(B(O)O)cc2F)[C@H]2CC[C@@H]1C2. The van der Waals surface area contributed by atoms with Crippen LogP contribution >= 0.6 is 0 Å². The monoisotopic (exact) mass is 431 g/mol. The molecule has 1 unspecified atom stereocenters. The van der Waals surface area contributed by atoms with Gasteiger partial charge in [0.1, 0.15) is 23.5 Å². The number of hydrogen-bond acceptors (Lipinski definition) is 6. The number of fused-ring (bicyclic) bond motifs is 2. The molecule has 0 aromatic heterocycles. The standard InChI is InChI=1S/C21H27BFN3O5/c1-21(2,3)31-20(28)26-16-7-5-13(9-16)18(26)19(27)25-15(11-24)8-12-4-6-14(22(29)30)10-17(12)23/h4,6,10,13,15-16,18,29-30H,5,7-9H2,1-3H3,(H,25,27)/t13-,15-,16+,18?/m0/s1. The molecule has 10 heteroatoms. The van der Waals surface area contributed by atoms with Gasteiger partial charge < -0.3 is 20.1 Å². The van der Waals surface area contributed by atoms with Gasteiger partial charge >= 0.3 is 13.2 Å². The molecule has 31 heavy (non-hydrogen) atoms. The fraction of sp³-hybridized carbons (Fsp3) is 0.571. The Kier molecular flexibility index (Phi) is 6.58. The van der Waals surface area contributed by atoms with E-state index in [4.69, 9.17) is 14.8 Å². The summed E-state index contributed by atoms with van der Waals surface area (Å²) >= 11 is 0. The van der Waals surface area contributed by atoms with Crippen LogP contribution in [0.25, 0.3) is 0 Å². The maximum atomic E-state index is 14.3. The van der Waals surface area contributed by atoms with Crippen LogP contribution in [0.5, 0.6) is 0 Å². The predicted molar refractivity (Wildman–Crippen MR) is 110 cm³/mol. The Morgan fingerprint density at radius 1 is 1.39 bits per heavy atom. The van der Waals surface area contributed by atoms with Gasteiger partial charge in [0.05, 0.1) is 6.07 Å². The highest BCUT2D eigenvalue weighted by atomic mass is 19.1. The van der Waals surface area contributed by atoms with Gasteiger partial charge in [0, 0.05) is 12.5 Å². The average molecular weight is 431 g/mol. The third kappa shape index (κ3) is 5.17. The zero-order chi connectivity index (χ0) is 22.9. The van der Waals surface area contributed by atoms with E-state index in [0.717, 1.165) is 18.9 Å². The van der Waals surface area contributed by atoms with Crippen molar-refractivity contribution in [3.05, 3.63) is 29.6 Å². The van der Waals surface area contributed by atoms with Crippen molar-refractivity contribution in [1.82, 2.24) is 10.2 Å². The molecule has 0 radical (unpaired) electrons. The molecular formula is C21H27BFN3O5. The molecule has 8 nitrogen and oxygen atoms in total. The van der Waals surface area contributed by atoms with Crippen LogP contribution in [0.1, 0.15) is 45.6 Å². The molecule has 2 fully saturated rings. The molecule has 1 heterocycles. The lowest BCUT2D eigenvalue weighted by Crippen LogP contribution is -2.55. The van der Waals surface area contributed by atoms with Gasteiger partial charge in [0.15, 0.2) is 0 Å². The molecule has 1 aromatic rings. The largest absolute Gasteiger partial charge is 0.488 e. The van der Waals surface area contributed by atoms with Crippen LogP contribution < -0.4 is 10.8 Å². The predicted octanol–water partition coefficient (Wildman–Crippen LogP) is 0.844. The summed E-state index contributed by atoms with van der Waals surface area (Å²) in [7, 11) is -1.80. The van der Waals surface area contributed by atoms with Gasteiger partial charge in [-0.2, -0.15) is 5.26 Å². The Hall–Kier alpha value is -2.64. The minimum absolute atomic E-state index is 0.000998. The number of carbonyl (C=O) groups is 2. The Bertz CT molecular complexity index is 898. The number of nitrogens with one attached hydrogen (secondary N) is 1. The topological polar surface area (TPSA) is 123 Å². The van der Waals surface area contributed by atoms with E-state index in [0.29, 0.717) is 6.42 Å². The van der Waals surface area contributed by atoms with E-state index >= 15 is 0 Å². The number of nitrogens with zero attached hydrogens (tertiary/aromatic N) is 2. The van der Waals surface area contributed by atoms with Crippen molar-refractivity contribution in [2.45, 2.75) is 70.2 Å². The van der Waals surface area contributed by atoms with Gasteiger partial charge in [0.25, 0.3) is 0 Å². The number of piperidine rings is 1. The van der Waals surface area contributed by atoms with Crippen molar-refractivity contribution in [3.8, 4) is 6.07 Å². The van der Waals surface area contributed by atoms with E-state index in [-0.39, 0.29) is 29.4 Å². The van der Waals surface area contributed by atoms with Gasteiger partial charge in [-0.3, -0.25) is 9.69 Å². The molecule has 2 bridgehead atoms. The van der Waals surface area contributed by atoms with Crippen molar-refractivity contribution >= 4 is 24.6 Å². The molecule has 0 spiro atoms. The van der Waals surface area contributed by atoms with Crippen LogP contribution in [0.2, 0.25) is 0 Å². The van der Waals surface area contributed by atoms with Crippen molar-refractivity contribution in [3.63, 3.8) is 0 Å². The molecule has 166 valence electrons. The minimum Gasteiger partial charge on any atom is -0.444 e. The van der Waals surface area contributed by atoms with Crippen molar-refractivity contribution in [1.29, 1.82) is 5.26 Å². The number of nitriles is 1. The fourth-order valence-electron chi connectivity index (χ4n) is 4.40. The lowest BCUT2D eigenvalue weighted by atomic mass is 9.79. The van der Waals surface area contributed by atoms with Gasteiger partial charge in [-0.15, -0.1) is 0 Å². The Balaban J connectivity index is 1.71. The number of likely N-dealkylation sites (tertiary alicyclic amines) is 1. The fourth-order valence-corrected chi connectivity index (χ4v) is 4.40. The number of ether oxygens (including phenoxy) is 1. The number of benzene rings is 1. The number of hydrogen-bond donors (Lipinski definition) is 3. The number of amides is 2. The summed E-state index contributed by atoms with van der Waals surface area (Å²) in [6, 6.07) is 3.85. The highest BCUT2D eigenvalue weighted by Gasteiger charge is 2.52. The van der Waals surface area contributed by atoms with Crippen LogP contribution in [0.15, 0.2) is 18.2 Å². The summed E-state index contributed by atoms with van der Waals surface area (Å²) < 4.78 is 19.8. The highest BCUT2D eigenvalue weighted by Crippen LogP contribution is 2.43. The Morgan fingerprint density at radius 3 is 2.68 bits per heavy atom. The lowest BCUT2D eigenvalue weighted by Gasteiger charge is -2.35. The molecule has 1 saturated heterocycles. The molecule has 2 aliphatic rings. The van der Waals surface area contributed by atoms with E-state index in [9.17, 15) is 19.2 Å². The zero-order valence-electron chi connectivity index (χ0n) is 17.8. The Morgan fingerprint density at radius 2 is 2.10 bits per heavy atom. The maximum Gasteiger partial charge on any atom is 0.488 e. The van der Waals surface area contributed by atoms with Crippen LogP contribution in [-0.2, 0) is 16.0 Å². The van der Waals surface area contributed by atoms with E-state index in [1.807, 2.05) is 6.07 Å². The average Bonchev–Trinajstić information content (AvgIpc) is 3.28.